The van der Waals surface area contributed by atoms with Crippen LogP contribution in [-0.2, 0) is 4.79 Å². The molecule has 0 saturated carbocycles. The molecule has 2 aromatic rings. The molecule has 5 nitrogen and oxygen atoms in total. The Morgan fingerprint density at radius 1 is 1.32 bits per heavy atom. The Labute approximate surface area is 162 Å². The van der Waals surface area contributed by atoms with Gasteiger partial charge in [-0.3, -0.25) is 14.6 Å². The van der Waals surface area contributed by atoms with Gasteiger partial charge in [0.2, 0.25) is 0 Å². The van der Waals surface area contributed by atoms with Crippen LogP contribution in [0.5, 0.6) is 0 Å². The molecule has 2 heterocycles. The number of nitrogens with zero attached hydrogens (tertiary/aromatic N) is 3. The van der Waals surface area contributed by atoms with E-state index in [1.165, 1.54) is 18.3 Å². The van der Waals surface area contributed by atoms with Crippen LogP contribution in [0.15, 0.2) is 42.1 Å². The van der Waals surface area contributed by atoms with Crippen LogP contribution in [0.1, 0.15) is 37.0 Å². The fraction of sp³-hybridized carbons (Fsp3) is 0.364. The van der Waals surface area contributed by atoms with Gasteiger partial charge in [0.05, 0.1) is 16.7 Å². The van der Waals surface area contributed by atoms with Crippen molar-refractivity contribution in [2.75, 3.05) is 13.1 Å². The molecular weight excluding hydrogens is 357 g/mol. The first-order valence-electron chi connectivity index (χ1n) is 9.25. The highest BCUT2D eigenvalue weighted by Gasteiger charge is 2.48. The van der Waals surface area contributed by atoms with Crippen molar-refractivity contribution in [3.05, 3.63) is 53.5 Å². The number of fused-ring (bicyclic) bond motifs is 1. The lowest BCUT2D eigenvalue weighted by Crippen LogP contribution is -2.40. The number of pyridine rings is 1. The molecule has 0 bridgehead atoms. The zero-order chi connectivity index (χ0) is 20.1. The molecule has 1 amide bonds. The van der Waals surface area contributed by atoms with E-state index in [9.17, 15) is 19.2 Å². The van der Waals surface area contributed by atoms with Crippen molar-refractivity contribution in [3.63, 3.8) is 0 Å². The number of hydrogen-bond donors (Lipinski definition) is 0. The molecule has 0 unspecified atom stereocenters. The molecule has 1 aromatic carbocycles. The van der Waals surface area contributed by atoms with Crippen molar-refractivity contribution >= 4 is 22.6 Å². The number of allylic oxidation sites excluding steroid dienone is 1. The maximum atomic E-state index is 13.3. The Bertz CT molecular complexity index is 1080. The van der Waals surface area contributed by atoms with Crippen LogP contribution in [0.25, 0.3) is 10.9 Å². The Balaban J connectivity index is 1.61. The molecule has 1 saturated heterocycles. The van der Waals surface area contributed by atoms with Crippen LogP contribution in [0, 0.1) is 28.0 Å². The quantitative estimate of drug-likeness (QED) is 0.760. The van der Waals surface area contributed by atoms with Crippen molar-refractivity contribution in [1.82, 2.24) is 9.88 Å². The molecule has 1 aliphatic carbocycles. The van der Waals surface area contributed by atoms with Gasteiger partial charge in [-0.25, -0.2) is 4.39 Å². The predicted octanol–water partition coefficient (Wildman–Crippen LogP) is 3.66. The van der Waals surface area contributed by atoms with Gasteiger partial charge in [-0.05, 0) is 31.0 Å². The minimum Gasteiger partial charge on any atom is -0.338 e. The third-order valence-corrected chi connectivity index (χ3v) is 5.79. The van der Waals surface area contributed by atoms with Gasteiger partial charge in [0.25, 0.3) is 5.91 Å². The van der Waals surface area contributed by atoms with Crippen LogP contribution >= 0.6 is 0 Å². The van der Waals surface area contributed by atoms with E-state index in [4.69, 9.17) is 0 Å². The highest BCUT2D eigenvalue weighted by molar-refractivity contribution is 6.04. The summed E-state index contributed by atoms with van der Waals surface area (Å²) in [5, 5.41) is 10.1. The van der Waals surface area contributed by atoms with Crippen LogP contribution < -0.4 is 0 Å². The second-order valence-electron chi connectivity index (χ2n) is 8.46. The van der Waals surface area contributed by atoms with Gasteiger partial charge in [-0.2, -0.15) is 5.26 Å². The van der Waals surface area contributed by atoms with Gasteiger partial charge >= 0.3 is 0 Å². The Kier molecular flexibility index (Phi) is 4.07. The summed E-state index contributed by atoms with van der Waals surface area (Å²) >= 11 is 0. The lowest BCUT2D eigenvalue weighted by molar-refractivity contribution is -0.125. The number of nitriles is 1. The number of carbonyl (C=O) groups is 2. The lowest BCUT2D eigenvalue weighted by Gasteiger charge is -2.38. The number of likely N-dealkylation sites (tertiary alicyclic amines) is 1. The van der Waals surface area contributed by atoms with Crippen LogP contribution in [-0.4, -0.2) is 34.7 Å². The molecule has 28 heavy (non-hydrogen) atoms. The second-order valence-corrected chi connectivity index (χ2v) is 8.46. The maximum absolute atomic E-state index is 13.3. The Hall–Kier alpha value is -3.07. The number of halogens is 1. The highest BCUT2D eigenvalue weighted by Crippen LogP contribution is 2.48. The average Bonchev–Trinajstić information content (AvgIpc) is 3.06. The fourth-order valence-electron chi connectivity index (χ4n) is 4.56. The third kappa shape index (κ3) is 2.97. The van der Waals surface area contributed by atoms with E-state index in [1.807, 2.05) is 19.9 Å². The number of benzene rings is 1. The molecule has 1 aromatic heterocycles. The minimum atomic E-state index is -0.618. The fourth-order valence-corrected chi connectivity index (χ4v) is 4.56. The summed E-state index contributed by atoms with van der Waals surface area (Å²) in [4.78, 5) is 31.4. The van der Waals surface area contributed by atoms with E-state index in [-0.39, 0.29) is 28.5 Å². The van der Waals surface area contributed by atoms with Crippen molar-refractivity contribution < 1.29 is 14.0 Å². The van der Waals surface area contributed by atoms with Crippen LogP contribution in [0.2, 0.25) is 0 Å². The van der Waals surface area contributed by atoms with Crippen molar-refractivity contribution in [1.29, 1.82) is 5.26 Å². The molecule has 0 radical (unpaired) electrons. The summed E-state index contributed by atoms with van der Waals surface area (Å²) in [6.45, 7) is 4.74. The van der Waals surface area contributed by atoms with Crippen LogP contribution in [0.3, 0.4) is 0 Å². The van der Waals surface area contributed by atoms with E-state index < -0.39 is 5.41 Å². The average molecular weight is 377 g/mol. The smallest absolute Gasteiger partial charge is 0.255 e. The van der Waals surface area contributed by atoms with E-state index in [0.717, 1.165) is 0 Å². The number of ketones is 1. The first-order valence-corrected chi connectivity index (χ1v) is 9.25. The monoisotopic (exact) mass is 377 g/mol. The number of aromatic nitrogens is 1. The summed E-state index contributed by atoms with van der Waals surface area (Å²) in [7, 11) is 0. The number of hydrogen-bond acceptors (Lipinski definition) is 4. The van der Waals surface area contributed by atoms with Crippen molar-refractivity contribution in [2.45, 2.75) is 26.7 Å². The van der Waals surface area contributed by atoms with E-state index in [0.29, 0.717) is 42.4 Å². The van der Waals surface area contributed by atoms with Crippen molar-refractivity contribution in [2.24, 2.45) is 10.8 Å². The second kappa shape index (κ2) is 6.23. The first kappa shape index (κ1) is 18.3. The summed E-state index contributed by atoms with van der Waals surface area (Å²) in [5.41, 5.74) is 0.175. The molecule has 142 valence electrons. The molecule has 1 fully saturated rings. The molecule has 6 heteroatoms. The molecule has 0 N–H and O–H groups in total. The number of amides is 1. The molecule has 1 spiro atoms. The zero-order valence-electron chi connectivity index (χ0n) is 15.8. The van der Waals surface area contributed by atoms with Crippen molar-refractivity contribution in [3.8, 4) is 6.07 Å². The van der Waals surface area contributed by atoms with Gasteiger partial charge in [0.15, 0.2) is 5.78 Å². The summed E-state index contributed by atoms with van der Waals surface area (Å²) in [6, 6.07) is 8.04. The molecule has 1 aliphatic heterocycles. The highest BCUT2D eigenvalue weighted by atomic mass is 19.1. The number of carbonyl (C=O) groups excluding carboxylic acids is 2. The summed E-state index contributed by atoms with van der Waals surface area (Å²) in [5.74, 6) is -0.635. The Morgan fingerprint density at radius 3 is 2.86 bits per heavy atom. The SMILES string of the molecule is CC1(C)C[C@]2(C=C(C#N)C1=O)CCN(C(=O)c1cnc3cc(F)ccc3c1)C2. The predicted molar refractivity (Wildman–Crippen MR) is 102 cm³/mol. The normalized spacial score (nSPS) is 23.7. The van der Waals surface area contributed by atoms with Gasteiger partial charge in [-0.15, -0.1) is 0 Å². The molecular formula is C22H20FN3O2. The minimum absolute atomic E-state index is 0.128. The number of Topliss-reactive ketones (excluding diaryl/α,β-unsaturated/α-hetero) is 1. The standard InChI is InChI=1S/C22H20FN3O2/c1-21(2)12-22(9-16(10-24)19(21)27)5-6-26(13-22)20(28)15-7-14-3-4-17(23)8-18(14)25-11-15/h3-4,7-9,11H,5-6,12-13H2,1-2H3/t22-/m1/s1. The van der Waals surface area contributed by atoms with E-state index in [2.05, 4.69) is 4.98 Å². The lowest BCUT2D eigenvalue weighted by atomic mass is 9.64. The molecule has 1 atom stereocenters. The number of rotatable bonds is 1. The Morgan fingerprint density at radius 2 is 2.11 bits per heavy atom. The van der Waals surface area contributed by atoms with Gasteiger partial charge < -0.3 is 4.90 Å². The van der Waals surface area contributed by atoms with Crippen LogP contribution in [0.4, 0.5) is 4.39 Å². The molecule has 2 aliphatic rings. The van der Waals surface area contributed by atoms with E-state index >= 15 is 0 Å². The van der Waals surface area contributed by atoms with Gasteiger partial charge in [-0.1, -0.05) is 19.9 Å². The first-order chi connectivity index (χ1) is 13.2. The molecule has 4 rings (SSSR count). The maximum Gasteiger partial charge on any atom is 0.255 e. The summed E-state index contributed by atoms with van der Waals surface area (Å²) in [6.07, 6.45) is 4.57. The summed E-state index contributed by atoms with van der Waals surface area (Å²) < 4.78 is 13.3. The topological polar surface area (TPSA) is 74.1 Å². The third-order valence-electron chi connectivity index (χ3n) is 5.79. The van der Waals surface area contributed by atoms with E-state index in [1.54, 1.807) is 23.1 Å². The zero-order valence-corrected chi connectivity index (χ0v) is 15.8. The largest absolute Gasteiger partial charge is 0.338 e. The van der Waals surface area contributed by atoms with Gasteiger partial charge in [0, 0.05) is 41.6 Å². The van der Waals surface area contributed by atoms with Gasteiger partial charge in [0.1, 0.15) is 11.9 Å².